The maximum Gasteiger partial charge on any atom is 0.326 e. The SMILES string of the molecule is NC(=O)C[C@H](NC(=O)c1cccc(F)c1Cl)C(=O)O. The normalized spacial score (nSPS) is 11.7. The molecular formula is C11H10ClFN2O4. The third-order valence-electron chi connectivity index (χ3n) is 2.20. The van der Waals surface area contributed by atoms with Gasteiger partial charge in [0.15, 0.2) is 0 Å². The van der Waals surface area contributed by atoms with Gasteiger partial charge in [-0.3, -0.25) is 9.59 Å². The Labute approximate surface area is 112 Å². The monoisotopic (exact) mass is 288 g/mol. The van der Waals surface area contributed by atoms with Gasteiger partial charge >= 0.3 is 5.97 Å². The van der Waals surface area contributed by atoms with Crippen molar-refractivity contribution >= 4 is 29.4 Å². The third kappa shape index (κ3) is 3.92. The largest absolute Gasteiger partial charge is 0.480 e. The van der Waals surface area contributed by atoms with E-state index in [1.165, 1.54) is 12.1 Å². The molecule has 0 fully saturated rings. The van der Waals surface area contributed by atoms with E-state index in [9.17, 15) is 18.8 Å². The highest BCUT2D eigenvalue weighted by Gasteiger charge is 2.24. The van der Waals surface area contributed by atoms with E-state index in [0.29, 0.717) is 0 Å². The molecule has 4 N–H and O–H groups in total. The molecular weight excluding hydrogens is 279 g/mol. The summed E-state index contributed by atoms with van der Waals surface area (Å²) in [6, 6.07) is 2.03. The summed E-state index contributed by atoms with van der Waals surface area (Å²) in [6.45, 7) is 0. The Morgan fingerprint density at radius 3 is 2.58 bits per heavy atom. The van der Waals surface area contributed by atoms with Crippen molar-refractivity contribution in [1.82, 2.24) is 5.32 Å². The second kappa shape index (κ2) is 6.14. The molecule has 0 radical (unpaired) electrons. The van der Waals surface area contributed by atoms with Crippen LogP contribution in [0.3, 0.4) is 0 Å². The molecule has 0 unspecified atom stereocenters. The molecule has 1 atom stereocenters. The zero-order chi connectivity index (χ0) is 14.6. The third-order valence-corrected chi connectivity index (χ3v) is 2.59. The standard InChI is InChI=1S/C11H10ClFN2O4/c12-9-5(2-1-3-6(9)13)10(17)15-7(11(18)19)4-8(14)16/h1-3,7H,4H2,(H2,14,16)(H,15,17)(H,18,19)/t7-/m0/s1. The van der Waals surface area contributed by atoms with Gasteiger partial charge < -0.3 is 16.2 Å². The van der Waals surface area contributed by atoms with Crippen molar-refractivity contribution < 1.29 is 23.9 Å². The number of rotatable bonds is 5. The Morgan fingerprint density at radius 1 is 1.42 bits per heavy atom. The molecule has 102 valence electrons. The number of carboxylic acid groups (broad SMARTS) is 1. The van der Waals surface area contributed by atoms with Crippen molar-refractivity contribution in [3.05, 3.63) is 34.6 Å². The van der Waals surface area contributed by atoms with E-state index in [1.807, 2.05) is 5.32 Å². The Bertz CT molecular complexity index is 535. The van der Waals surface area contributed by atoms with Crippen LogP contribution in [0.5, 0.6) is 0 Å². The van der Waals surface area contributed by atoms with Gasteiger partial charge in [-0.25, -0.2) is 9.18 Å². The Kier molecular flexibility index (Phi) is 4.82. The van der Waals surface area contributed by atoms with Crippen LogP contribution >= 0.6 is 11.6 Å². The molecule has 0 spiro atoms. The van der Waals surface area contributed by atoms with E-state index in [2.05, 4.69) is 0 Å². The van der Waals surface area contributed by atoms with Gasteiger partial charge in [0.2, 0.25) is 5.91 Å². The average Bonchev–Trinajstić information content (AvgIpc) is 2.31. The van der Waals surface area contributed by atoms with Gasteiger partial charge in [-0.05, 0) is 12.1 Å². The highest BCUT2D eigenvalue weighted by atomic mass is 35.5. The summed E-state index contributed by atoms with van der Waals surface area (Å²) in [7, 11) is 0. The number of amides is 2. The van der Waals surface area contributed by atoms with Crippen molar-refractivity contribution in [3.63, 3.8) is 0 Å². The molecule has 19 heavy (non-hydrogen) atoms. The predicted octanol–water partition coefficient (Wildman–Crippen LogP) is 0.537. The molecule has 1 rings (SSSR count). The lowest BCUT2D eigenvalue weighted by Crippen LogP contribution is -2.43. The number of hydrogen-bond donors (Lipinski definition) is 3. The summed E-state index contributed by atoms with van der Waals surface area (Å²) < 4.78 is 13.1. The van der Waals surface area contributed by atoms with Crippen LogP contribution in [0.4, 0.5) is 4.39 Å². The number of nitrogens with two attached hydrogens (primary N) is 1. The van der Waals surface area contributed by atoms with Crippen LogP contribution in [0.25, 0.3) is 0 Å². The smallest absolute Gasteiger partial charge is 0.326 e. The molecule has 0 saturated heterocycles. The van der Waals surface area contributed by atoms with Crippen LogP contribution < -0.4 is 11.1 Å². The van der Waals surface area contributed by atoms with Gasteiger partial charge in [0.25, 0.3) is 5.91 Å². The topological polar surface area (TPSA) is 109 Å². The Morgan fingerprint density at radius 2 is 2.05 bits per heavy atom. The number of nitrogens with one attached hydrogen (secondary N) is 1. The second-order valence-electron chi connectivity index (χ2n) is 3.64. The minimum atomic E-state index is -1.50. The fourth-order valence-electron chi connectivity index (χ4n) is 1.32. The highest BCUT2D eigenvalue weighted by Crippen LogP contribution is 2.19. The predicted molar refractivity (Wildman–Crippen MR) is 64.1 cm³/mol. The zero-order valence-corrected chi connectivity index (χ0v) is 10.3. The lowest BCUT2D eigenvalue weighted by molar-refractivity contribution is -0.140. The van der Waals surface area contributed by atoms with E-state index in [0.717, 1.165) is 6.07 Å². The first kappa shape index (κ1) is 14.9. The summed E-state index contributed by atoms with van der Waals surface area (Å²) in [6.07, 6.45) is -0.575. The van der Waals surface area contributed by atoms with Gasteiger partial charge in [-0.2, -0.15) is 0 Å². The first-order valence-electron chi connectivity index (χ1n) is 5.09. The molecule has 0 aliphatic rings. The number of aliphatic carboxylic acids is 1. The van der Waals surface area contributed by atoms with E-state index in [4.69, 9.17) is 22.4 Å². The molecule has 0 bridgehead atoms. The number of carbonyl (C=O) groups is 3. The van der Waals surface area contributed by atoms with Gasteiger partial charge in [-0.1, -0.05) is 17.7 Å². The Balaban J connectivity index is 2.91. The Hall–Kier alpha value is -2.15. The van der Waals surface area contributed by atoms with E-state index >= 15 is 0 Å². The van der Waals surface area contributed by atoms with Crippen LogP contribution in [0.1, 0.15) is 16.8 Å². The maximum atomic E-state index is 13.1. The van der Waals surface area contributed by atoms with Crippen molar-refractivity contribution in [2.75, 3.05) is 0 Å². The summed E-state index contributed by atoms with van der Waals surface area (Å²) in [5, 5.41) is 10.4. The molecule has 0 saturated carbocycles. The van der Waals surface area contributed by atoms with E-state index in [-0.39, 0.29) is 5.56 Å². The number of hydrogen-bond acceptors (Lipinski definition) is 3. The summed E-state index contributed by atoms with van der Waals surface area (Å²) in [5.41, 5.74) is 4.64. The van der Waals surface area contributed by atoms with Gasteiger partial charge in [0, 0.05) is 0 Å². The fourth-order valence-corrected chi connectivity index (χ4v) is 1.53. The van der Waals surface area contributed by atoms with Gasteiger partial charge in [0.1, 0.15) is 11.9 Å². The van der Waals surface area contributed by atoms with Gasteiger partial charge in [0.05, 0.1) is 17.0 Å². The fraction of sp³-hybridized carbons (Fsp3) is 0.182. The minimum Gasteiger partial charge on any atom is -0.480 e. The van der Waals surface area contributed by atoms with Gasteiger partial charge in [-0.15, -0.1) is 0 Å². The van der Waals surface area contributed by atoms with E-state index in [1.54, 1.807) is 0 Å². The first-order valence-corrected chi connectivity index (χ1v) is 5.46. The van der Waals surface area contributed by atoms with Crippen molar-refractivity contribution in [3.8, 4) is 0 Å². The molecule has 0 heterocycles. The molecule has 2 amide bonds. The van der Waals surface area contributed by atoms with Crippen LogP contribution in [-0.4, -0.2) is 28.9 Å². The first-order chi connectivity index (χ1) is 8.82. The number of carbonyl (C=O) groups excluding carboxylic acids is 2. The lowest BCUT2D eigenvalue weighted by Gasteiger charge is -2.13. The van der Waals surface area contributed by atoms with Crippen LogP contribution in [0, 0.1) is 5.82 Å². The minimum absolute atomic E-state index is 0.225. The average molecular weight is 289 g/mol. The zero-order valence-electron chi connectivity index (χ0n) is 9.52. The van der Waals surface area contributed by atoms with E-state index < -0.39 is 41.1 Å². The number of carboxylic acids is 1. The molecule has 1 aromatic rings. The number of benzene rings is 1. The molecule has 6 nitrogen and oxygen atoms in total. The summed E-state index contributed by atoms with van der Waals surface area (Å²) in [5.74, 6) is -4.04. The van der Waals surface area contributed by atoms with Crippen LogP contribution in [-0.2, 0) is 9.59 Å². The molecule has 0 aliphatic heterocycles. The van der Waals surface area contributed by atoms with Crippen LogP contribution in [0.2, 0.25) is 5.02 Å². The molecule has 0 aliphatic carbocycles. The lowest BCUT2D eigenvalue weighted by atomic mass is 10.1. The number of halogens is 2. The second-order valence-corrected chi connectivity index (χ2v) is 4.01. The summed E-state index contributed by atoms with van der Waals surface area (Å²) in [4.78, 5) is 33.2. The molecule has 8 heteroatoms. The quantitative estimate of drug-likeness (QED) is 0.734. The maximum absolute atomic E-state index is 13.1. The van der Waals surface area contributed by atoms with Crippen molar-refractivity contribution in [2.45, 2.75) is 12.5 Å². The van der Waals surface area contributed by atoms with Crippen molar-refractivity contribution in [2.24, 2.45) is 5.73 Å². The van der Waals surface area contributed by atoms with Crippen LogP contribution in [0.15, 0.2) is 18.2 Å². The highest BCUT2D eigenvalue weighted by molar-refractivity contribution is 6.34. The molecule has 0 aromatic heterocycles. The summed E-state index contributed by atoms with van der Waals surface area (Å²) >= 11 is 5.58. The number of primary amides is 1. The van der Waals surface area contributed by atoms with Crippen molar-refractivity contribution in [1.29, 1.82) is 0 Å². The molecule has 1 aromatic carbocycles.